The van der Waals surface area contributed by atoms with Crippen LogP contribution in [0.5, 0.6) is 11.5 Å². The van der Waals surface area contributed by atoms with Crippen LogP contribution in [-0.4, -0.2) is 29.2 Å². The molecule has 2 amide bonds. The molecule has 0 saturated carbocycles. The predicted octanol–water partition coefficient (Wildman–Crippen LogP) is 6.84. The Morgan fingerprint density at radius 2 is 1.58 bits per heavy atom. The summed E-state index contributed by atoms with van der Waals surface area (Å²) < 4.78 is 11.8. The number of carbonyl (C=O) groups is 2. The van der Waals surface area contributed by atoms with Crippen molar-refractivity contribution in [1.29, 1.82) is 0 Å². The molecule has 0 aromatic heterocycles. The van der Waals surface area contributed by atoms with E-state index in [1.54, 1.807) is 6.08 Å². The van der Waals surface area contributed by atoms with E-state index in [4.69, 9.17) is 9.47 Å². The van der Waals surface area contributed by atoms with Crippen LogP contribution < -0.4 is 9.47 Å². The molecule has 0 N–H and O–H groups in total. The predicted molar refractivity (Wildman–Crippen MR) is 144 cm³/mol. The van der Waals surface area contributed by atoms with Gasteiger partial charge in [-0.2, -0.15) is 0 Å². The van der Waals surface area contributed by atoms with Crippen molar-refractivity contribution in [1.82, 2.24) is 4.90 Å². The number of thioether (sulfide) groups is 1. The average molecular weight is 496 g/mol. The van der Waals surface area contributed by atoms with Crippen molar-refractivity contribution in [3.05, 3.63) is 113 Å². The number of ether oxygens (including phenoxy) is 2. The number of fused-ring (bicyclic) bond motifs is 1. The highest BCUT2D eigenvalue weighted by molar-refractivity contribution is 8.18. The zero-order chi connectivity index (χ0) is 24.9. The maximum atomic E-state index is 12.9. The lowest BCUT2D eigenvalue weighted by molar-refractivity contribution is -0.123. The summed E-state index contributed by atoms with van der Waals surface area (Å²) >= 11 is 0.945. The summed E-state index contributed by atoms with van der Waals surface area (Å²) in [7, 11) is 0. The van der Waals surface area contributed by atoms with Gasteiger partial charge in [-0.15, -0.1) is 0 Å². The molecule has 6 heteroatoms. The molecule has 1 heterocycles. The molecule has 0 radical (unpaired) electrons. The summed E-state index contributed by atoms with van der Waals surface area (Å²) in [4.78, 5) is 26.9. The lowest BCUT2D eigenvalue weighted by Crippen LogP contribution is -2.32. The molecule has 1 fully saturated rings. The minimum atomic E-state index is -0.306. The van der Waals surface area contributed by atoms with E-state index in [-0.39, 0.29) is 24.3 Å². The minimum absolute atomic E-state index is 0.199. The number of rotatable bonds is 8. The summed E-state index contributed by atoms with van der Waals surface area (Å²) in [5.74, 6) is 1.11. The van der Waals surface area contributed by atoms with Crippen LogP contribution in [0.1, 0.15) is 16.7 Å². The Labute approximate surface area is 214 Å². The lowest BCUT2D eigenvalue weighted by atomic mass is 10.1. The first kappa shape index (κ1) is 23.7. The van der Waals surface area contributed by atoms with Crippen LogP contribution in [-0.2, 0) is 11.4 Å². The Balaban J connectivity index is 1.23. The molecule has 0 aliphatic carbocycles. The van der Waals surface area contributed by atoms with Crippen LogP contribution in [0.4, 0.5) is 4.79 Å². The fourth-order valence-corrected chi connectivity index (χ4v) is 4.94. The summed E-state index contributed by atoms with van der Waals surface area (Å²) in [6.07, 6.45) is 1.73. The molecule has 0 bridgehead atoms. The lowest BCUT2D eigenvalue weighted by Gasteiger charge is -2.13. The zero-order valence-corrected chi connectivity index (χ0v) is 20.7. The summed E-state index contributed by atoms with van der Waals surface area (Å²) in [6, 6.07) is 29.6. The van der Waals surface area contributed by atoms with Crippen molar-refractivity contribution in [3.63, 3.8) is 0 Å². The molecule has 0 spiro atoms. The van der Waals surface area contributed by atoms with E-state index in [9.17, 15) is 9.59 Å². The third-order valence-electron chi connectivity index (χ3n) is 5.88. The standard InChI is InChI=1S/C30H25NO4S/c1-21-7-4-12-25(17-21)34-16-15-31-29(32)28(36-30(31)33)19-22-8-5-13-26(18-22)35-20-24-11-6-10-23-9-2-3-14-27(23)24/h2-14,17-19H,15-16,20H2,1H3/b28-19-. The van der Waals surface area contributed by atoms with Gasteiger partial charge in [0.1, 0.15) is 24.7 Å². The van der Waals surface area contributed by atoms with Crippen molar-refractivity contribution < 1.29 is 19.1 Å². The second-order valence-corrected chi connectivity index (χ2v) is 9.49. The van der Waals surface area contributed by atoms with Crippen LogP contribution in [0, 0.1) is 6.92 Å². The van der Waals surface area contributed by atoms with Gasteiger partial charge >= 0.3 is 0 Å². The monoisotopic (exact) mass is 495 g/mol. The Morgan fingerprint density at radius 3 is 2.44 bits per heavy atom. The Kier molecular flexibility index (Phi) is 7.05. The highest BCUT2D eigenvalue weighted by Gasteiger charge is 2.34. The Bertz CT molecular complexity index is 1460. The van der Waals surface area contributed by atoms with Crippen LogP contribution in [0.2, 0.25) is 0 Å². The van der Waals surface area contributed by atoms with Crippen molar-refractivity contribution in [2.75, 3.05) is 13.2 Å². The molecule has 180 valence electrons. The van der Waals surface area contributed by atoms with Gasteiger partial charge in [0.15, 0.2) is 0 Å². The van der Waals surface area contributed by atoms with E-state index in [1.807, 2.05) is 73.7 Å². The number of nitrogens with zero attached hydrogens (tertiary/aromatic N) is 1. The number of imide groups is 1. The quantitative estimate of drug-likeness (QED) is 0.251. The van der Waals surface area contributed by atoms with Crippen LogP contribution in [0.25, 0.3) is 16.8 Å². The van der Waals surface area contributed by atoms with Gasteiger partial charge in [0.25, 0.3) is 11.1 Å². The summed E-state index contributed by atoms with van der Waals surface area (Å²) in [5, 5.41) is 2.05. The molecule has 4 aromatic carbocycles. The molecule has 0 atom stereocenters. The molecule has 0 unspecified atom stereocenters. The fraction of sp³-hybridized carbons (Fsp3) is 0.133. The molecule has 1 saturated heterocycles. The largest absolute Gasteiger partial charge is 0.492 e. The molecule has 5 rings (SSSR count). The highest BCUT2D eigenvalue weighted by atomic mass is 32.2. The van der Waals surface area contributed by atoms with Gasteiger partial charge in [-0.3, -0.25) is 14.5 Å². The summed E-state index contributed by atoms with van der Waals surface area (Å²) in [5.41, 5.74) is 2.99. The van der Waals surface area contributed by atoms with Gasteiger partial charge in [0, 0.05) is 0 Å². The first-order chi connectivity index (χ1) is 17.6. The summed E-state index contributed by atoms with van der Waals surface area (Å²) in [6.45, 7) is 2.86. The topological polar surface area (TPSA) is 55.8 Å². The highest BCUT2D eigenvalue weighted by Crippen LogP contribution is 2.32. The number of aryl methyl sites for hydroxylation is 1. The fourth-order valence-electron chi connectivity index (χ4n) is 4.08. The van der Waals surface area contributed by atoms with E-state index in [0.717, 1.165) is 39.6 Å². The number of hydrogen-bond donors (Lipinski definition) is 0. The molecular weight excluding hydrogens is 470 g/mol. The normalized spacial score (nSPS) is 14.6. The number of amides is 2. The van der Waals surface area contributed by atoms with E-state index in [2.05, 4.69) is 24.3 Å². The van der Waals surface area contributed by atoms with Gasteiger partial charge in [-0.1, -0.05) is 66.7 Å². The van der Waals surface area contributed by atoms with E-state index in [1.165, 1.54) is 10.3 Å². The van der Waals surface area contributed by atoms with Gasteiger partial charge in [0.05, 0.1) is 11.4 Å². The van der Waals surface area contributed by atoms with E-state index < -0.39 is 0 Å². The maximum absolute atomic E-state index is 12.9. The molecule has 36 heavy (non-hydrogen) atoms. The first-order valence-corrected chi connectivity index (χ1v) is 12.5. The number of carbonyl (C=O) groups excluding carboxylic acids is 2. The van der Waals surface area contributed by atoms with E-state index in [0.29, 0.717) is 17.3 Å². The SMILES string of the molecule is Cc1cccc(OCCN2C(=O)S/C(=C\c3cccc(OCc4cccc5ccccc45)c3)C2=O)c1. The Hall–Kier alpha value is -4.03. The van der Waals surface area contributed by atoms with Crippen LogP contribution >= 0.6 is 11.8 Å². The van der Waals surface area contributed by atoms with Gasteiger partial charge in [0.2, 0.25) is 0 Å². The molecule has 5 nitrogen and oxygen atoms in total. The molecular formula is C30H25NO4S. The van der Waals surface area contributed by atoms with Gasteiger partial charge < -0.3 is 9.47 Å². The maximum Gasteiger partial charge on any atom is 0.293 e. The van der Waals surface area contributed by atoms with Crippen molar-refractivity contribution in [3.8, 4) is 11.5 Å². The van der Waals surface area contributed by atoms with Crippen molar-refractivity contribution >= 4 is 39.8 Å². The van der Waals surface area contributed by atoms with Crippen molar-refractivity contribution in [2.45, 2.75) is 13.5 Å². The Morgan fingerprint density at radius 1 is 0.833 bits per heavy atom. The third-order valence-corrected chi connectivity index (χ3v) is 6.78. The second-order valence-electron chi connectivity index (χ2n) is 8.50. The van der Waals surface area contributed by atoms with Gasteiger partial charge in [-0.05, 0) is 76.5 Å². The van der Waals surface area contributed by atoms with E-state index >= 15 is 0 Å². The van der Waals surface area contributed by atoms with Crippen LogP contribution in [0.15, 0.2) is 95.9 Å². The number of hydrogen-bond acceptors (Lipinski definition) is 5. The second kappa shape index (κ2) is 10.7. The smallest absolute Gasteiger partial charge is 0.293 e. The zero-order valence-electron chi connectivity index (χ0n) is 19.8. The van der Waals surface area contributed by atoms with Crippen molar-refractivity contribution in [2.24, 2.45) is 0 Å². The average Bonchev–Trinajstić information content (AvgIpc) is 3.15. The molecule has 1 aliphatic rings. The molecule has 1 aliphatic heterocycles. The van der Waals surface area contributed by atoms with Crippen LogP contribution in [0.3, 0.4) is 0 Å². The van der Waals surface area contributed by atoms with Gasteiger partial charge in [-0.25, -0.2) is 0 Å². The minimum Gasteiger partial charge on any atom is -0.492 e. The first-order valence-electron chi connectivity index (χ1n) is 11.7. The third kappa shape index (κ3) is 5.44. The molecule has 4 aromatic rings. The number of benzene rings is 4.